The first-order valence-electron chi connectivity index (χ1n) is 5.63. The summed E-state index contributed by atoms with van der Waals surface area (Å²) in [6.45, 7) is 2.72. The van der Waals surface area contributed by atoms with Crippen molar-refractivity contribution in [1.82, 2.24) is 10.3 Å². The number of hydrogen-bond acceptors (Lipinski definition) is 4. The van der Waals surface area contributed by atoms with Gasteiger partial charge in [0.25, 0.3) is 5.91 Å². The van der Waals surface area contributed by atoms with E-state index in [9.17, 15) is 19.5 Å². The fourth-order valence-corrected chi connectivity index (χ4v) is 1.50. The van der Waals surface area contributed by atoms with Crippen molar-refractivity contribution in [2.75, 3.05) is 6.54 Å². The Morgan fingerprint density at radius 3 is 2.63 bits per heavy atom. The summed E-state index contributed by atoms with van der Waals surface area (Å²) >= 11 is 0. The lowest BCUT2D eigenvalue weighted by Gasteiger charge is -2.21. The standard InChI is InChI=1S/C12H16N2O5/c1-7-3-9(15)8(5-13-7)11(18)14-6-12(2,19)4-10(16)17/h3,5,19H,4,6H2,1-2H3,(H,13,15)(H,14,18)(H,16,17). The predicted octanol–water partition coefficient (Wildman–Crippen LogP) is -0.361. The average molecular weight is 268 g/mol. The van der Waals surface area contributed by atoms with E-state index < -0.39 is 29.3 Å². The molecule has 0 aliphatic carbocycles. The monoisotopic (exact) mass is 268 g/mol. The third kappa shape index (κ3) is 4.55. The first-order chi connectivity index (χ1) is 8.71. The number of aromatic nitrogens is 1. The van der Waals surface area contributed by atoms with Crippen LogP contribution in [-0.4, -0.2) is 39.2 Å². The molecule has 0 spiro atoms. The van der Waals surface area contributed by atoms with Gasteiger partial charge in [0.1, 0.15) is 5.56 Å². The van der Waals surface area contributed by atoms with Gasteiger partial charge in [0.15, 0.2) is 5.43 Å². The molecular weight excluding hydrogens is 252 g/mol. The van der Waals surface area contributed by atoms with Crippen LogP contribution >= 0.6 is 0 Å². The van der Waals surface area contributed by atoms with Crippen molar-refractivity contribution in [2.45, 2.75) is 25.9 Å². The van der Waals surface area contributed by atoms with Crippen molar-refractivity contribution in [2.24, 2.45) is 0 Å². The molecule has 1 atom stereocenters. The molecule has 0 bridgehead atoms. The van der Waals surface area contributed by atoms with Crippen LogP contribution in [0.2, 0.25) is 0 Å². The maximum Gasteiger partial charge on any atom is 0.306 e. The number of nitrogens with one attached hydrogen (secondary N) is 2. The van der Waals surface area contributed by atoms with Crippen LogP contribution in [0.25, 0.3) is 0 Å². The lowest BCUT2D eigenvalue weighted by Crippen LogP contribution is -2.43. The molecule has 0 aromatic carbocycles. The molecule has 0 radical (unpaired) electrons. The molecule has 19 heavy (non-hydrogen) atoms. The van der Waals surface area contributed by atoms with Crippen LogP contribution in [0, 0.1) is 6.92 Å². The Balaban J connectivity index is 2.70. The van der Waals surface area contributed by atoms with Crippen molar-refractivity contribution in [3.63, 3.8) is 0 Å². The van der Waals surface area contributed by atoms with Gasteiger partial charge in [-0.1, -0.05) is 0 Å². The van der Waals surface area contributed by atoms with E-state index in [4.69, 9.17) is 5.11 Å². The molecule has 0 aliphatic heterocycles. The fraction of sp³-hybridized carbons (Fsp3) is 0.417. The number of carbonyl (C=O) groups is 2. The summed E-state index contributed by atoms with van der Waals surface area (Å²) in [6.07, 6.45) is 0.774. The molecule has 1 aromatic rings. The maximum absolute atomic E-state index is 11.7. The van der Waals surface area contributed by atoms with Crippen LogP contribution in [0.3, 0.4) is 0 Å². The molecule has 7 heteroatoms. The molecule has 1 rings (SSSR count). The lowest BCUT2D eigenvalue weighted by molar-refractivity contribution is -0.141. The van der Waals surface area contributed by atoms with Crippen molar-refractivity contribution in [1.29, 1.82) is 0 Å². The van der Waals surface area contributed by atoms with E-state index in [1.165, 1.54) is 19.2 Å². The van der Waals surface area contributed by atoms with Crippen LogP contribution in [0.5, 0.6) is 0 Å². The van der Waals surface area contributed by atoms with Gasteiger partial charge in [0.2, 0.25) is 0 Å². The number of hydrogen-bond donors (Lipinski definition) is 4. The van der Waals surface area contributed by atoms with Gasteiger partial charge in [0, 0.05) is 24.5 Å². The van der Waals surface area contributed by atoms with E-state index in [2.05, 4.69) is 10.3 Å². The number of aliphatic carboxylic acids is 1. The third-order valence-electron chi connectivity index (χ3n) is 2.46. The van der Waals surface area contributed by atoms with Crippen LogP contribution in [0.15, 0.2) is 17.1 Å². The SMILES string of the molecule is Cc1cc(=O)c(C(=O)NCC(C)(O)CC(=O)O)c[nH]1. The zero-order chi connectivity index (χ0) is 14.6. The molecule has 4 N–H and O–H groups in total. The Kier molecular flexibility index (Phi) is 4.44. The van der Waals surface area contributed by atoms with Gasteiger partial charge in [-0.2, -0.15) is 0 Å². The molecule has 0 saturated heterocycles. The first kappa shape index (κ1) is 14.9. The Bertz CT molecular complexity index is 547. The second-order valence-corrected chi connectivity index (χ2v) is 4.64. The molecule has 1 heterocycles. The van der Waals surface area contributed by atoms with E-state index >= 15 is 0 Å². The normalized spacial score (nSPS) is 13.6. The van der Waals surface area contributed by atoms with Crippen LogP contribution in [0.1, 0.15) is 29.4 Å². The molecule has 0 saturated carbocycles. The molecule has 0 fully saturated rings. The third-order valence-corrected chi connectivity index (χ3v) is 2.46. The van der Waals surface area contributed by atoms with E-state index in [0.29, 0.717) is 5.69 Å². The number of aryl methyl sites for hydroxylation is 1. The summed E-state index contributed by atoms with van der Waals surface area (Å²) < 4.78 is 0. The minimum atomic E-state index is -1.57. The van der Waals surface area contributed by atoms with Gasteiger partial charge in [-0.3, -0.25) is 14.4 Å². The fourth-order valence-electron chi connectivity index (χ4n) is 1.50. The summed E-state index contributed by atoms with van der Waals surface area (Å²) in [4.78, 5) is 36.5. The van der Waals surface area contributed by atoms with Crippen LogP contribution in [-0.2, 0) is 4.79 Å². The molecule has 1 aromatic heterocycles. The van der Waals surface area contributed by atoms with Gasteiger partial charge in [-0.25, -0.2) is 0 Å². The molecule has 1 unspecified atom stereocenters. The average Bonchev–Trinajstić information content (AvgIpc) is 2.24. The minimum absolute atomic E-state index is 0.0864. The topological polar surface area (TPSA) is 119 Å². The molecular formula is C12H16N2O5. The lowest BCUT2D eigenvalue weighted by atomic mass is 10.0. The van der Waals surface area contributed by atoms with Crippen molar-refractivity contribution < 1.29 is 19.8 Å². The highest BCUT2D eigenvalue weighted by molar-refractivity contribution is 5.93. The number of carbonyl (C=O) groups excluding carboxylic acids is 1. The number of carboxylic acid groups (broad SMARTS) is 1. The number of pyridine rings is 1. The Hall–Kier alpha value is -2.15. The van der Waals surface area contributed by atoms with E-state index in [0.717, 1.165) is 0 Å². The van der Waals surface area contributed by atoms with E-state index in [1.807, 2.05) is 0 Å². The minimum Gasteiger partial charge on any atom is -0.481 e. The highest BCUT2D eigenvalue weighted by Gasteiger charge is 2.25. The highest BCUT2D eigenvalue weighted by Crippen LogP contribution is 2.07. The molecule has 1 amide bonds. The quantitative estimate of drug-likeness (QED) is 0.581. The zero-order valence-corrected chi connectivity index (χ0v) is 10.7. The number of rotatable bonds is 5. The zero-order valence-electron chi connectivity index (χ0n) is 10.7. The number of carboxylic acids is 1. The van der Waals surface area contributed by atoms with Gasteiger partial charge >= 0.3 is 5.97 Å². The highest BCUT2D eigenvalue weighted by atomic mass is 16.4. The largest absolute Gasteiger partial charge is 0.481 e. The number of H-pyrrole nitrogens is 1. The second kappa shape index (κ2) is 5.66. The Labute approximate surface area is 109 Å². The van der Waals surface area contributed by atoms with Crippen LogP contribution < -0.4 is 10.7 Å². The molecule has 7 nitrogen and oxygen atoms in total. The van der Waals surface area contributed by atoms with E-state index in [1.54, 1.807) is 6.92 Å². The summed E-state index contributed by atoms with van der Waals surface area (Å²) in [5.74, 6) is -1.83. The first-order valence-corrected chi connectivity index (χ1v) is 5.63. The number of aromatic amines is 1. The smallest absolute Gasteiger partial charge is 0.306 e. The second-order valence-electron chi connectivity index (χ2n) is 4.64. The van der Waals surface area contributed by atoms with Gasteiger partial charge < -0.3 is 20.5 Å². The van der Waals surface area contributed by atoms with Crippen molar-refractivity contribution in [3.05, 3.63) is 33.7 Å². The predicted molar refractivity (Wildman–Crippen MR) is 67.0 cm³/mol. The van der Waals surface area contributed by atoms with Gasteiger partial charge in [0.05, 0.1) is 12.0 Å². The van der Waals surface area contributed by atoms with Gasteiger partial charge in [-0.15, -0.1) is 0 Å². The van der Waals surface area contributed by atoms with Crippen LogP contribution in [0.4, 0.5) is 0 Å². The molecule has 104 valence electrons. The molecule has 0 aliphatic rings. The number of amides is 1. The summed E-state index contributed by atoms with van der Waals surface area (Å²) in [5.41, 5.74) is -1.47. The number of aliphatic hydroxyl groups is 1. The Morgan fingerprint density at radius 2 is 2.11 bits per heavy atom. The van der Waals surface area contributed by atoms with E-state index in [-0.39, 0.29) is 12.1 Å². The maximum atomic E-state index is 11.7. The van der Waals surface area contributed by atoms with Crippen molar-refractivity contribution >= 4 is 11.9 Å². The van der Waals surface area contributed by atoms with Crippen molar-refractivity contribution in [3.8, 4) is 0 Å². The summed E-state index contributed by atoms with van der Waals surface area (Å²) in [7, 11) is 0. The summed E-state index contributed by atoms with van der Waals surface area (Å²) in [6, 6.07) is 1.28. The Morgan fingerprint density at radius 1 is 1.47 bits per heavy atom. The summed E-state index contributed by atoms with van der Waals surface area (Å²) in [5, 5.41) is 20.6. The van der Waals surface area contributed by atoms with Gasteiger partial charge in [-0.05, 0) is 13.8 Å².